The molecule has 0 radical (unpaired) electrons. The Morgan fingerprint density at radius 3 is 3.07 bits per heavy atom. The van der Waals surface area contributed by atoms with Crippen molar-refractivity contribution in [1.29, 1.82) is 0 Å². The van der Waals surface area contributed by atoms with Crippen molar-refractivity contribution in [3.05, 3.63) is 24.0 Å². The Morgan fingerprint density at radius 1 is 1.50 bits per heavy atom. The fourth-order valence-corrected chi connectivity index (χ4v) is 3.86. The van der Waals surface area contributed by atoms with E-state index in [1.165, 1.54) is 0 Å². The molecule has 1 amide bonds. The fourth-order valence-electron chi connectivity index (χ4n) is 3.86. The monoisotopic (exact) mass is 387 g/mol. The predicted octanol–water partition coefficient (Wildman–Crippen LogP) is 1.13. The molecule has 4 rings (SSSR count). The molecule has 0 aromatic carbocycles. The molecule has 1 saturated heterocycles. The third kappa shape index (κ3) is 3.99. The Kier molecular flexibility index (Phi) is 5.79. The molecular weight excluding hydrogens is 358 g/mol. The summed E-state index contributed by atoms with van der Waals surface area (Å²) < 4.78 is 13.0. The standard InChI is InChI=1S/C20H29N5O3/c1-27-9-2-8-24-12-14(18-16(21)5-6-23-19(18)24)13-25(15-3-4-15)20(26)17-11-22-7-10-28-17/h5-6,12,15,17,22H,2-4,7-11,13H2,1H3,(H2,21,23). The maximum atomic E-state index is 13.1. The summed E-state index contributed by atoms with van der Waals surface area (Å²) in [6.45, 7) is 3.97. The number of nitrogen functional groups attached to an aromatic ring is 1. The van der Waals surface area contributed by atoms with Crippen molar-refractivity contribution in [3.8, 4) is 0 Å². The molecule has 2 aliphatic rings. The average Bonchev–Trinajstić information content (AvgIpc) is 3.50. The largest absolute Gasteiger partial charge is 0.398 e. The molecule has 2 fully saturated rings. The number of fused-ring (bicyclic) bond motifs is 1. The highest BCUT2D eigenvalue weighted by Crippen LogP contribution is 2.33. The summed E-state index contributed by atoms with van der Waals surface area (Å²) in [5.41, 5.74) is 8.90. The number of hydrogen-bond donors (Lipinski definition) is 2. The van der Waals surface area contributed by atoms with E-state index in [-0.39, 0.29) is 5.91 Å². The molecule has 8 heteroatoms. The lowest BCUT2D eigenvalue weighted by Gasteiger charge is -2.30. The number of aromatic nitrogens is 2. The normalized spacial score (nSPS) is 19.8. The van der Waals surface area contributed by atoms with Crippen LogP contribution >= 0.6 is 0 Å². The number of hydrogen-bond acceptors (Lipinski definition) is 6. The van der Waals surface area contributed by atoms with E-state index in [0.29, 0.717) is 38.0 Å². The highest BCUT2D eigenvalue weighted by atomic mass is 16.5. The van der Waals surface area contributed by atoms with Gasteiger partial charge in [-0.05, 0) is 25.3 Å². The van der Waals surface area contributed by atoms with Gasteiger partial charge in [0.25, 0.3) is 5.91 Å². The van der Waals surface area contributed by atoms with E-state index in [0.717, 1.165) is 48.9 Å². The van der Waals surface area contributed by atoms with Crippen molar-refractivity contribution < 1.29 is 14.3 Å². The van der Waals surface area contributed by atoms with Gasteiger partial charge >= 0.3 is 0 Å². The molecule has 2 aromatic rings. The number of nitrogens with two attached hydrogens (primary N) is 1. The molecular formula is C20H29N5O3. The lowest BCUT2D eigenvalue weighted by molar-refractivity contribution is -0.146. The minimum absolute atomic E-state index is 0.0671. The number of carbonyl (C=O) groups is 1. The van der Waals surface area contributed by atoms with Crippen LogP contribution in [0.2, 0.25) is 0 Å². The third-order valence-corrected chi connectivity index (χ3v) is 5.43. The summed E-state index contributed by atoms with van der Waals surface area (Å²) in [5, 5.41) is 4.19. The van der Waals surface area contributed by atoms with Gasteiger partial charge in [-0.3, -0.25) is 4.79 Å². The minimum Gasteiger partial charge on any atom is -0.398 e. The van der Waals surface area contributed by atoms with E-state index in [9.17, 15) is 4.79 Å². The van der Waals surface area contributed by atoms with Gasteiger partial charge in [0, 0.05) is 75.0 Å². The van der Waals surface area contributed by atoms with E-state index >= 15 is 0 Å². The van der Waals surface area contributed by atoms with Crippen LogP contribution in [0.25, 0.3) is 11.0 Å². The lowest BCUT2D eigenvalue weighted by Crippen LogP contribution is -2.49. The highest BCUT2D eigenvalue weighted by Gasteiger charge is 2.37. The first kappa shape index (κ1) is 19.2. The zero-order valence-electron chi connectivity index (χ0n) is 16.4. The number of morpholine rings is 1. The first-order chi connectivity index (χ1) is 13.7. The first-order valence-corrected chi connectivity index (χ1v) is 10.0. The first-order valence-electron chi connectivity index (χ1n) is 10.0. The van der Waals surface area contributed by atoms with E-state index in [4.69, 9.17) is 15.2 Å². The number of ether oxygens (including phenoxy) is 2. The molecule has 3 heterocycles. The molecule has 2 aromatic heterocycles. The molecule has 8 nitrogen and oxygen atoms in total. The highest BCUT2D eigenvalue weighted by molar-refractivity contribution is 5.92. The van der Waals surface area contributed by atoms with Crippen LogP contribution in [0.15, 0.2) is 18.5 Å². The summed E-state index contributed by atoms with van der Waals surface area (Å²) >= 11 is 0. The number of anilines is 1. The number of aryl methyl sites for hydroxylation is 1. The summed E-state index contributed by atoms with van der Waals surface area (Å²) in [5.74, 6) is 0.0671. The molecule has 1 atom stereocenters. The number of carbonyl (C=O) groups excluding carboxylic acids is 1. The van der Waals surface area contributed by atoms with Gasteiger partial charge in [-0.15, -0.1) is 0 Å². The number of nitrogens with zero attached hydrogens (tertiary/aromatic N) is 3. The second kappa shape index (κ2) is 8.46. The maximum absolute atomic E-state index is 13.1. The van der Waals surface area contributed by atoms with Crippen LogP contribution < -0.4 is 11.1 Å². The van der Waals surface area contributed by atoms with E-state index in [1.54, 1.807) is 13.3 Å². The molecule has 1 unspecified atom stereocenters. The third-order valence-electron chi connectivity index (χ3n) is 5.43. The van der Waals surface area contributed by atoms with Crippen molar-refractivity contribution in [2.75, 3.05) is 39.1 Å². The van der Waals surface area contributed by atoms with Gasteiger partial charge in [0.2, 0.25) is 0 Å². The van der Waals surface area contributed by atoms with Gasteiger partial charge in [-0.1, -0.05) is 0 Å². The van der Waals surface area contributed by atoms with Crippen LogP contribution in [0.1, 0.15) is 24.8 Å². The topological polar surface area (TPSA) is 94.6 Å². The number of rotatable bonds is 8. The summed E-state index contributed by atoms with van der Waals surface area (Å²) in [6.07, 6.45) is 6.41. The van der Waals surface area contributed by atoms with E-state index in [2.05, 4.69) is 21.1 Å². The predicted molar refractivity (Wildman–Crippen MR) is 107 cm³/mol. The number of pyridine rings is 1. The Balaban J connectivity index is 1.60. The van der Waals surface area contributed by atoms with Crippen LogP contribution in [0.3, 0.4) is 0 Å². The van der Waals surface area contributed by atoms with Gasteiger partial charge < -0.3 is 30.0 Å². The lowest BCUT2D eigenvalue weighted by atomic mass is 10.1. The molecule has 1 aliphatic carbocycles. The molecule has 0 spiro atoms. The maximum Gasteiger partial charge on any atom is 0.253 e. The Bertz CT molecular complexity index is 827. The Labute approximate surface area is 165 Å². The zero-order valence-corrected chi connectivity index (χ0v) is 16.4. The number of nitrogens with one attached hydrogen (secondary N) is 1. The summed E-state index contributed by atoms with van der Waals surface area (Å²) in [7, 11) is 1.71. The van der Waals surface area contributed by atoms with Crippen LogP contribution in [-0.4, -0.2) is 65.9 Å². The van der Waals surface area contributed by atoms with Gasteiger partial charge in [0.05, 0.1) is 6.61 Å². The van der Waals surface area contributed by atoms with Crippen molar-refractivity contribution in [2.24, 2.45) is 0 Å². The van der Waals surface area contributed by atoms with Crippen molar-refractivity contribution in [3.63, 3.8) is 0 Å². The van der Waals surface area contributed by atoms with Crippen molar-refractivity contribution in [2.45, 2.75) is 44.5 Å². The molecule has 28 heavy (non-hydrogen) atoms. The van der Waals surface area contributed by atoms with Gasteiger partial charge in [-0.25, -0.2) is 4.98 Å². The van der Waals surface area contributed by atoms with Crippen LogP contribution in [-0.2, 0) is 27.4 Å². The van der Waals surface area contributed by atoms with Crippen LogP contribution in [0, 0.1) is 0 Å². The molecule has 152 valence electrons. The van der Waals surface area contributed by atoms with Crippen LogP contribution in [0.5, 0.6) is 0 Å². The van der Waals surface area contributed by atoms with Crippen LogP contribution in [0.4, 0.5) is 5.69 Å². The van der Waals surface area contributed by atoms with E-state index < -0.39 is 6.10 Å². The molecule has 1 saturated carbocycles. The molecule has 0 bridgehead atoms. The minimum atomic E-state index is -0.403. The fraction of sp³-hybridized carbons (Fsp3) is 0.600. The zero-order chi connectivity index (χ0) is 19.5. The van der Waals surface area contributed by atoms with Gasteiger partial charge in [0.15, 0.2) is 0 Å². The van der Waals surface area contributed by atoms with Crippen molar-refractivity contribution in [1.82, 2.24) is 19.8 Å². The Morgan fingerprint density at radius 2 is 2.36 bits per heavy atom. The second-order valence-corrected chi connectivity index (χ2v) is 7.55. The molecule has 1 aliphatic heterocycles. The van der Waals surface area contributed by atoms with E-state index in [1.807, 2.05) is 11.0 Å². The quantitative estimate of drug-likeness (QED) is 0.660. The van der Waals surface area contributed by atoms with Crippen molar-refractivity contribution >= 4 is 22.6 Å². The Hall–Kier alpha value is -2.16. The summed E-state index contributed by atoms with van der Waals surface area (Å²) in [4.78, 5) is 19.6. The second-order valence-electron chi connectivity index (χ2n) is 7.55. The number of amides is 1. The average molecular weight is 387 g/mol. The van der Waals surface area contributed by atoms with Gasteiger partial charge in [-0.2, -0.15) is 0 Å². The SMILES string of the molecule is COCCCn1cc(CN(C(=O)C2CNCCO2)C2CC2)c2c(N)ccnc21. The molecule has 3 N–H and O–H groups in total. The number of methoxy groups -OCH3 is 1. The van der Waals surface area contributed by atoms with Gasteiger partial charge in [0.1, 0.15) is 11.8 Å². The summed E-state index contributed by atoms with van der Waals surface area (Å²) in [6, 6.07) is 2.12. The smallest absolute Gasteiger partial charge is 0.253 e.